The van der Waals surface area contributed by atoms with Crippen LogP contribution >= 0.6 is 0 Å². The Balaban J connectivity index is 1.87. The highest BCUT2D eigenvalue weighted by molar-refractivity contribution is 5.30. The lowest BCUT2D eigenvalue weighted by Gasteiger charge is -2.19. The predicted octanol–water partition coefficient (Wildman–Crippen LogP) is 1.33. The van der Waals surface area contributed by atoms with E-state index < -0.39 is 0 Å². The molecule has 5 nitrogen and oxygen atoms in total. The molecule has 2 aromatic heterocycles. The highest BCUT2D eigenvalue weighted by atomic mass is 15.3. The Hall–Kier alpha value is -1.62. The van der Waals surface area contributed by atoms with Crippen molar-refractivity contribution >= 4 is 0 Å². The van der Waals surface area contributed by atoms with Crippen molar-refractivity contribution in [2.24, 2.45) is 7.05 Å². The van der Waals surface area contributed by atoms with Crippen LogP contribution in [0.25, 0.3) is 5.69 Å². The zero-order valence-electron chi connectivity index (χ0n) is 10.5. The van der Waals surface area contributed by atoms with Crippen molar-refractivity contribution in [2.45, 2.75) is 33.0 Å². The Morgan fingerprint density at radius 2 is 2.06 bits per heavy atom. The Bertz CT molecular complexity index is 513. The predicted molar refractivity (Wildman–Crippen MR) is 64.7 cm³/mol. The second-order valence-electron chi connectivity index (χ2n) is 4.92. The Kier molecular flexibility index (Phi) is 2.29. The third-order valence-corrected chi connectivity index (χ3v) is 3.29. The number of fused-ring (bicyclic) bond motifs is 1. The second-order valence-corrected chi connectivity index (χ2v) is 4.92. The van der Waals surface area contributed by atoms with Crippen molar-refractivity contribution in [1.82, 2.24) is 24.5 Å². The lowest BCUT2D eigenvalue weighted by Crippen LogP contribution is -2.25. The molecule has 2 aromatic rings. The number of aryl methyl sites for hydroxylation is 1. The van der Waals surface area contributed by atoms with Crippen molar-refractivity contribution in [3.05, 3.63) is 29.8 Å². The van der Waals surface area contributed by atoms with Crippen molar-refractivity contribution in [3.8, 4) is 5.69 Å². The molecule has 0 amide bonds. The van der Waals surface area contributed by atoms with Crippen LogP contribution in [0.4, 0.5) is 0 Å². The van der Waals surface area contributed by atoms with Crippen molar-refractivity contribution in [2.75, 3.05) is 0 Å². The minimum atomic E-state index is 0.580. The molecule has 0 radical (unpaired) electrons. The zero-order valence-corrected chi connectivity index (χ0v) is 10.5. The molecule has 5 heteroatoms. The first-order valence-corrected chi connectivity index (χ1v) is 5.94. The van der Waals surface area contributed by atoms with Crippen LogP contribution in [-0.4, -0.2) is 30.5 Å². The monoisotopic (exact) mass is 231 g/mol. The van der Waals surface area contributed by atoms with Crippen LogP contribution < -0.4 is 0 Å². The van der Waals surface area contributed by atoms with Gasteiger partial charge in [-0.2, -0.15) is 10.2 Å². The molecule has 0 aliphatic carbocycles. The largest absolute Gasteiger partial charge is 0.291 e. The van der Waals surface area contributed by atoms with Crippen LogP contribution in [-0.2, 0) is 20.1 Å². The molecule has 3 rings (SSSR count). The van der Waals surface area contributed by atoms with E-state index in [1.165, 1.54) is 11.3 Å². The summed E-state index contributed by atoms with van der Waals surface area (Å²) in [5, 5.41) is 8.79. The topological polar surface area (TPSA) is 38.9 Å². The molecule has 0 fully saturated rings. The first-order valence-electron chi connectivity index (χ1n) is 5.94. The third kappa shape index (κ3) is 1.76. The molecule has 0 saturated heterocycles. The van der Waals surface area contributed by atoms with Gasteiger partial charge >= 0.3 is 0 Å². The standard InChI is InChI=1S/C12H17N5/c1-9(2)16-5-10-6-17(14-12(10)8-16)11-4-13-15(3)7-11/h4,6-7,9H,5,8H2,1-3H3. The van der Waals surface area contributed by atoms with Gasteiger partial charge in [0.15, 0.2) is 0 Å². The van der Waals surface area contributed by atoms with Gasteiger partial charge in [0.2, 0.25) is 0 Å². The molecule has 3 heterocycles. The normalized spacial score (nSPS) is 15.8. The molecule has 0 aromatic carbocycles. The summed E-state index contributed by atoms with van der Waals surface area (Å²) in [6.07, 6.45) is 5.93. The summed E-state index contributed by atoms with van der Waals surface area (Å²) < 4.78 is 3.72. The maximum Gasteiger partial charge on any atom is 0.102 e. The molecular weight excluding hydrogens is 214 g/mol. The molecule has 0 N–H and O–H groups in total. The fourth-order valence-corrected chi connectivity index (χ4v) is 2.20. The number of rotatable bonds is 2. The highest BCUT2D eigenvalue weighted by Gasteiger charge is 2.24. The van der Waals surface area contributed by atoms with E-state index in [2.05, 4.69) is 35.1 Å². The quantitative estimate of drug-likeness (QED) is 0.782. The van der Waals surface area contributed by atoms with Gasteiger partial charge in [0.25, 0.3) is 0 Å². The summed E-state index contributed by atoms with van der Waals surface area (Å²) in [4.78, 5) is 2.42. The van der Waals surface area contributed by atoms with Gasteiger partial charge in [-0.05, 0) is 13.8 Å². The van der Waals surface area contributed by atoms with Crippen LogP contribution in [0.2, 0.25) is 0 Å². The smallest absolute Gasteiger partial charge is 0.102 e. The van der Waals surface area contributed by atoms with E-state index in [1.54, 1.807) is 4.68 Å². The minimum absolute atomic E-state index is 0.580. The fourth-order valence-electron chi connectivity index (χ4n) is 2.20. The first-order chi connectivity index (χ1) is 8.13. The average molecular weight is 231 g/mol. The summed E-state index contributed by atoms with van der Waals surface area (Å²) in [5.41, 5.74) is 3.56. The third-order valence-electron chi connectivity index (χ3n) is 3.29. The van der Waals surface area contributed by atoms with Gasteiger partial charge in [-0.25, -0.2) is 4.68 Å². The van der Waals surface area contributed by atoms with Crippen LogP contribution in [0, 0.1) is 0 Å². The molecule has 0 atom stereocenters. The lowest BCUT2D eigenvalue weighted by atomic mass is 10.3. The second kappa shape index (κ2) is 3.70. The van der Waals surface area contributed by atoms with Gasteiger partial charge in [0, 0.05) is 37.9 Å². The molecule has 90 valence electrons. The van der Waals surface area contributed by atoms with E-state index in [1.807, 2.05) is 24.1 Å². The minimum Gasteiger partial charge on any atom is -0.291 e. The van der Waals surface area contributed by atoms with Crippen LogP contribution in [0.3, 0.4) is 0 Å². The summed E-state index contributed by atoms with van der Waals surface area (Å²) in [7, 11) is 1.92. The zero-order chi connectivity index (χ0) is 12.0. The van der Waals surface area contributed by atoms with Crippen molar-refractivity contribution in [3.63, 3.8) is 0 Å². The van der Waals surface area contributed by atoms with Gasteiger partial charge in [-0.15, -0.1) is 0 Å². The maximum absolute atomic E-state index is 4.63. The summed E-state index contributed by atoms with van der Waals surface area (Å²) >= 11 is 0. The molecule has 0 saturated carbocycles. The molecule has 1 aliphatic heterocycles. The van der Waals surface area contributed by atoms with E-state index in [0.29, 0.717) is 6.04 Å². The number of aromatic nitrogens is 4. The average Bonchev–Trinajstić information content (AvgIpc) is 2.88. The Morgan fingerprint density at radius 3 is 2.65 bits per heavy atom. The first kappa shape index (κ1) is 10.5. The van der Waals surface area contributed by atoms with Gasteiger partial charge in [0.05, 0.1) is 18.1 Å². The highest BCUT2D eigenvalue weighted by Crippen LogP contribution is 2.24. The molecule has 1 aliphatic rings. The summed E-state index contributed by atoms with van der Waals surface area (Å²) in [5.74, 6) is 0. The Labute approximate surface area is 101 Å². The summed E-state index contributed by atoms with van der Waals surface area (Å²) in [6, 6.07) is 0.580. The van der Waals surface area contributed by atoms with Crippen LogP contribution in [0.5, 0.6) is 0 Å². The van der Waals surface area contributed by atoms with Gasteiger partial charge < -0.3 is 0 Å². The number of hydrogen-bond donors (Lipinski definition) is 0. The van der Waals surface area contributed by atoms with Crippen molar-refractivity contribution in [1.29, 1.82) is 0 Å². The van der Waals surface area contributed by atoms with Gasteiger partial charge in [-0.1, -0.05) is 0 Å². The van der Waals surface area contributed by atoms with Crippen LogP contribution in [0.15, 0.2) is 18.6 Å². The number of nitrogens with zero attached hydrogens (tertiary/aromatic N) is 5. The fraction of sp³-hybridized carbons (Fsp3) is 0.500. The Morgan fingerprint density at radius 1 is 1.24 bits per heavy atom. The van der Waals surface area contributed by atoms with E-state index in [9.17, 15) is 0 Å². The van der Waals surface area contributed by atoms with Gasteiger partial charge in [-0.3, -0.25) is 9.58 Å². The molecule has 0 unspecified atom stereocenters. The maximum atomic E-state index is 4.63. The van der Waals surface area contributed by atoms with Crippen molar-refractivity contribution < 1.29 is 0 Å². The summed E-state index contributed by atoms with van der Waals surface area (Å²) in [6.45, 7) is 6.41. The van der Waals surface area contributed by atoms with E-state index in [-0.39, 0.29) is 0 Å². The van der Waals surface area contributed by atoms with E-state index in [4.69, 9.17) is 0 Å². The molecule has 0 bridgehead atoms. The SMILES string of the molecule is CC(C)N1Cc2cn(-c3cnn(C)c3)nc2C1. The molecule has 17 heavy (non-hydrogen) atoms. The van der Waals surface area contributed by atoms with Gasteiger partial charge in [0.1, 0.15) is 5.69 Å². The van der Waals surface area contributed by atoms with E-state index >= 15 is 0 Å². The van der Waals surface area contributed by atoms with Crippen LogP contribution in [0.1, 0.15) is 25.1 Å². The number of hydrogen-bond acceptors (Lipinski definition) is 3. The van der Waals surface area contributed by atoms with E-state index in [0.717, 1.165) is 18.8 Å². The lowest BCUT2D eigenvalue weighted by molar-refractivity contribution is 0.224. The molecule has 0 spiro atoms. The molecular formula is C12H17N5.